The van der Waals surface area contributed by atoms with Crippen molar-refractivity contribution in [2.45, 2.75) is 37.7 Å². The summed E-state index contributed by atoms with van der Waals surface area (Å²) in [6, 6.07) is -0.901. The average molecular weight is 215 g/mol. The molecule has 2 unspecified atom stereocenters. The molecular weight excluding hydrogens is 203 g/mol. The highest BCUT2D eigenvalue weighted by atomic mass is 32.1. The molecule has 0 radical (unpaired) electrons. The maximum Gasteiger partial charge on any atom is 0.391 e. The number of carbonyl (C=O) groups excluding carboxylic acids is 1. The zero-order valence-corrected chi connectivity index (χ0v) is 8.25. The van der Waals surface area contributed by atoms with E-state index in [4.69, 9.17) is 0 Å². The summed E-state index contributed by atoms with van der Waals surface area (Å²) < 4.78 is 35.4. The third-order valence-corrected chi connectivity index (χ3v) is 1.54. The molecule has 0 aliphatic carbocycles. The predicted octanol–water partition coefficient (Wildman–Crippen LogP) is 1.76. The maximum atomic E-state index is 11.8. The van der Waals surface area contributed by atoms with E-state index in [0.717, 1.165) is 0 Å². The van der Waals surface area contributed by atoms with E-state index >= 15 is 0 Å². The topological polar surface area (TPSA) is 29.1 Å². The minimum Gasteiger partial charge on any atom is -0.352 e. The number of alkyl halides is 3. The molecule has 0 saturated heterocycles. The molecule has 0 rings (SSSR count). The number of amides is 1. The van der Waals surface area contributed by atoms with E-state index in [1.165, 1.54) is 13.8 Å². The fourth-order valence-electron chi connectivity index (χ4n) is 0.762. The lowest BCUT2D eigenvalue weighted by atomic mass is 10.2. The monoisotopic (exact) mass is 215 g/mol. The largest absolute Gasteiger partial charge is 0.391 e. The van der Waals surface area contributed by atoms with Crippen LogP contribution in [0.15, 0.2) is 0 Å². The molecule has 0 aromatic heterocycles. The molecule has 0 aromatic carbocycles. The zero-order chi connectivity index (χ0) is 10.6. The van der Waals surface area contributed by atoms with Gasteiger partial charge in [0.05, 0.1) is 11.7 Å². The lowest BCUT2D eigenvalue weighted by Gasteiger charge is -2.16. The number of carbonyl (C=O) groups is 1. The second-order valence-corrected chi connectivity index (χ2v) is 3.68. The Balaban J connectivity index is 3.88. The van der Waals surface area contributed by atoms with Gasteiger partial charge in [-0.2, -0.15) is 25.8 Å². The van der Waals surface area contributed by atoms with Gasteiger partial charge in [-0.15, -0.1) is 0 Å². The Morgan fingerprint density at radius 2 is 1.92 bits per heavy atom. The van der Waals surface area contributed by atoms with Crippen LogP contribution in [0.3, 0.4) is 0 Å². The summed E-state index contributed by atoms with van der Waals surface area (Å²) in [4.78, 5) is 10.9. The molecule has 13 heavy (non-hydrogen) atoms. The van der Waals surface area contributed by atoms with Crippen LogP contribution in [-0.2, 0) is 4.79 Å². The molecule has 0 fully saturated rings. The van der Waals surface area contributed by atoms with E-state index in [1.54, 1.807) is 0 Å². The third-order valence-electron chi connectivity index (χ3n) is 1.31. The summed E-state index contributed by atoms with van der Waals surface area (Å²) in [5, 5.41) is 1.61. The molecule has 6 heteroatoms. The summed E-state index contributed by atoms with van der Waals surface area (Å²) in [7, 11) is 0. The predicted molar refractivity (Wildman–Crippen MR) is 46.7 cm³/mol. The van der Waals surface area contributed by atoms with Gasteiger partial charge in [0.15, 0.2) is 0 Å². The SMILES string of the molecule is CC(CC(F)(F)F)NC(=O)C(C)S. The number of rotatable bonds is 3. The lowest BCUT2D eigenvalue weighted by Crippen LogP contribution is -2.39. The Bertz CT molecular complexity index is 181. The molecule has 0 aromatic rings. The van der Waals surface area contributed by atoms with Crippen LogP contribution < -0.4 is 5.32 Å². The molecule has 1 amide bonds. The summed E-state index contributed by atoms with van der Waals surface area (Å²) in [5.41, 5.74) is 0. The molecule has 0 aliphatic rings. The van der Waals surface area contributed by atoms with Crippen LogP contribution in [0.25, 0.3) is 0 Å². The van der Waals surface area contributed by atoms with E-state index in [2.05, 4.69) is 17.9 Å². The first-order valence-electron chi connectivity index (χ1n) is 3.77. The van der Waals surface area contributed by atoms with Crippen LogP contribution >= 0.6 is 12.6 Å². The molecule has 0 heterocycles. The number of thiol groups is 1. The van der Waals surface area contributed by atoms with Crippen molar-refractivity contribution in [3.8, 4) is 0 Å². The number of nitrogens with one attached hydrogen (secondary N) is 1. The molecule has 0 bridgehead atoms. The van der Waals surface area contributed by atoms with Gasteiger partial charge in [0, 0.05) is 6.04 Å². The number of hydrogen-bond acceptors (Lipinski definition) is 2. The standard InChI is InChI=1S/C7H12F3NOS/c1-4(3-7(8,9)10)11-6(12)5(2)13/h4-5,13H,3H2,1-2H3,(H,11,12). The van der Waals surface area contributed by atoms with Gasteiger partial charge in [-0.3, -0.25) is 4.79 Å². The lowest BCUT2D eigenvalue weighted by molar-refractivity contribution is -0.141. The van der Waals surface area contributed by atoms with Crippen molar-refractivity contribution in [3.05, 3.63) is 0 Å². The first-order valence-corrected chi connectivity index (χ1v) is 4.29. The van der Waals surface area contributed by atoms with Crippen LogP contribution in [0.1, 0.15) is 20.3 Å². The van der Waals surface area contributed by atoms with E-state index in [-0.39, 0.29) is 0 Å². The van der Waals surface area contributed by atoms with Crippen molar-refractivity contribution < 1.29 is 18.0 Å². The average Bonchev–Trinajstić information content (AvgIpc) is 1.81. The highest BCUT2D eigenvalue weighted by molar-refractivity contribution is 7.81. The van der Waals surface area contributed by atoms with Gasteiger partial charge in [0.25, 0.3) is 0 Å². The quantitative estimate of drug-likeness (QED) is 0.690. The fraction of sp³-hybridized carbons (Fsp3) is 0.857. The van der Waals surface area contributed by atoms with Gasteiger partial charge >= 0.3 is 6.18 Å². The van der Waals surface area contributed by atoms with Crippen LogP contribution in [0.4, 0.5) is 13.2 Å². The van der Waals surface area contributed by atoms with E-state index < -0.39 is 29.8 Å². The molecule has 78 valence electrons. The van der Waals surface area contributed by atoms with Crippen molar-refractivity contribution in [2.24, 2.45) is 0 Å². The van der Waals surface area contributed by atoms with E-state index in [1.807, 2.05) is 0 Å². The second kappa shape index (κ2) is 4.74. The van der Waals surface area contributed by atoms with Crippen LogP contribution in [-0.4, -0.2) is 23.4 Å². The summed E-state index contributed by atoms with van der Waals surface area (Å²) >= 11 is 3.79. The van der Waals surface area contributed by atoms with Crippen molar-refractivity contribution in [1.29, 1.82) is 0 Å². The van der Waals surface area contributed by atoms with Gasteiger partial charge in [-0.25, -0.2) is 0 Å². The van der Waals surface area contributed by atoms with E-state index in [0.29, 0.717) is 0 Å². The molecule has 2 atom stereocenters. The third kappa shape index (κ3) is 6.74. The van der Waals surface area contributed by atoms with Crippen LogP contribution in [0, 0.1) is 0 Å². The highest BCUT2D eigenvalue weighted by Gasteiger charge is 2.30. The van der Waals surface area contributed by atoms with Crippen LogP contribution in [0.2, 0.25) is 0 Å². The van der Waals surface area contributed by atoms with Gasteiger partial charge in [-0.1, -0.05) is 0 Å². The molecule has 2 nitrogen and oxygen atoms in total. The maximum absolute atomic E-state index is 11.8. The van der Waals surface area contributed by atoms with Crippen LogP contribution in [0.5, 0.6) is 0 Å². The molecule has 1 N–H and O–H groups in total. The van der Waals surface area contributed by atoms with Crippen molar-refractivity contribution >= 4 is 18.5 Å². The van der Waals surface area contributed by atoms with E-state index in [9.17, 15) is 18.0 Å². The molecular formula is C7H12F3NOS. The Kier molecular flexibility index (Phi) is 4.60. The van der Waals surface area contributed by atoms with Crippen molar-refractivity contribution in [1.82, 2.24) is 5.32 Å². The Morgan fingerprint density at radius 3 is 2.23 bits per heavy atom. The summed E-state index contributed by atoms with van der Waals surface area (Å²) in [6.07, 6.45) is -5.26. The Hall–Kier alpha value is -0.390. The Labute approximate surface area is 80.3 Å². The normalized spacial score (nSPS) is 16.5. The van der Waals surface area contributed by atoms with Gasteiger partial charge in [0.1, 0.15) is 0 Å². The second-order valence-electron chi connectivity index (χ2n) is 2.90. The highest BCUT2D eigenvalue weighted by Crippen LogP contribution is 2.21. The molecule has 0 spiro atoms. The van der Waals surface area contributed by atoms with Gasteiger partial charge in [0.2, 0.25) is 5.91 Å². The molecule has 0 saturated carbocycles. The van der Waals surface area contributed by atoms with Crippen molar-refractivity contribution in [3.63, 3.8) is 0 Å². The zero-order valence-electron chi connectivity index (χ0n) is 7.35. The van der Waals surface area contributed by atoms with Crippen molar-refractivity contribution in [2.75, 3.05) is 0 Å². The van der Waals surface area contributed by atoms with Gasteiger partial charge < -0.3 is 5.32 Å². The number of halogens is 3. The van der Waals surface area contributed by atoms with Gasteiger partial charge in [-0.05, 0) is 13.8 Å². The minimum absolute atomic E-state index is 0.486. The minimum atomic E-state index is -4.24. The first kappa shape index (κ1) is 12.6. The smallest absolute Gasteiger partial charge is 0.352 e. The first-order chi connectivity index (χ1) is 5.72. The summed E-state index contributed by atoms with van der Waals surface area (Å²) in [5.74, 6) is -0.486. The molecule has 0 aliphatic heterocycles. The number of hydrogen-bond donors (Lipinski definition) is 2. The Morgan fingerprint density at radius 1 is 1.46 bits per heavy atom. The summed E-state index contributed by atoms with van der Waals surface area (Å²) in [6.45, 7) is 2.81. The fourth-order valence-corrected chi connectivity index (χ4v) is 0.836.